The van der Waals surface area contributed by atoms with Crippen LogP contribution in [-0.4, -0.2) is 20.9 Å². The Morgan fingerprint density at radius 2 is 1.91 bits per heavy atom. The number of nitrogens with zero attached hydrogens (tertiary/aromatic N) is 3. The number of anilines is 1. The molecule has 1 aliphatic rings. The molecule has 0 saturated carbocycles. The Morgan fingerprint density at radius 3 is 2.69 bits per heavy atom. The molecular formula is C24H22N4O3S. The highest BCUT2D eigenvalue weighted by Crippen LogP contribution is 2.35. The summed E-state index contributed by atoms with van der Waals surface area (Å²) in [6.07, 6.45) is 2.91. The van der Waals surface area contributed by atoms with Crippen molar-refractivity contribution in [3.8, 4) is 11.5 Å². The quantitative estimate of drug-likeness (QED) is 0.491. The Bertz CT molecular complexity index is 1330. The number of para-hydroxylation sites is 1. The average molecular weight is 447 g/mol. The summed E-state index contributed by atoms with van der Waals surface area (Å²) in [5.74, 6) is 1.68. The zero-order valence-corrected chi connectivity index (χ0v) is 18.4. The van der Waals surface area contributed by atoms with Crippen molar-refractivity contribution in [1.29, 1.82) is 0 Å². The summed E-state index contributed by atoms with van der Waals surface area (Å²) < 4.78 is 6.91. The largest absolute Gasteiger partial charge is 0.457 e. The zero-order chi connectivity index (χ0) is 22.1. The van der Waals surface area contributed by atoms with Gasteiger partial charge in [-0.2, -0.15) is 0 Å². The molecule has 162 valence electrons. The number of amides is 1. The summed E-state index contributed by atoms with van der Waals surface area (Å²) in [5.41, 5.74) is 1.45. The minimum absolute atomic E-state index is 0.189. The Morgan fingerprint density at radius 1 is 1.16 bits per heavy atom. The summed E-state index contributed by atoms with van der Waals surface area (Å²) in [6.45, 7) is 2.03. The smallest absolute Gasteiger partial charge is 0.279 e. The predicted octanol–water partition coefficient (Wildman–Crippen LogP) is 4.41. The predicted molar refractivity (Wildman–Crippen MR) is 124 cm³/mol. The Kier molecular flexibility index (Phi) is 5.45. The number of carbonyl (C=O) groups is 1. The number of aryl methyl sites for hydroxylation is 1. The van der Waals surface area contributed by atoms with Crippen molar-refractivity contribution in [2.45, 2.75) is 32.7 Å². The number of hydrogen-bond acceptors (Lipinski definition) is 6. The molecule has 4 aromatic rings. The molecule has 0 fully saturated rings. The van der Waals surface area contributed by atoms with Crippen molar-refractivity contribution in [2.24, 2.45) is 5.92 Å². The molecule has 1 aliphatic carbocycles. The molecule has 5 rings (SSSR count). The molecule has 0 spiro atoms. The third-order valence-electron chi connectivity index (χ3n) is 5.60. The normalized spacial score (nSPS) is 15.3. The second-order valence-electron chi connectivity index (χ2n) is 8.07. The molecule has 0 radical (unpaired) electrons. The van der Waals surface area contributed by atoms with Crippen LogP contribution in [0.2, 0.25) is 0 Å². The minimum atomic E-state index is -0.338. The van der Waals surface area contributed by atoms with Gasteiger partial charge in [-0.25, -0.2) is 4.68 Å². The molecule has 0 bridgehead atoms. The van der Waals surface area contributed by atoms with Crippen LogP contribution < -0.4 is 15.6 Å². The zero-order valence-electron chi connectivity index (χ0n) is 17.6. The van der Waals surface area contributed by atoms with Crippen LogP contribution in [0.1, 0.15) is 23.8 Å². The summed E-state index contributed by atoms with van der Waals surface area (Å²) in [6, 6.07) is 16.5. The number of hydrogen-bond donors (Lipinski definition) is 1. The van der Waals surface area contributed by atoms with Crippen LogP contribution in [-0.2, 0) is 24.2 Å². The van der Waals surface area contributed by atoms with Crippen LogP contribution in [0, 0.1) is 5.92 Å². The number of nitrogens with one attached hydrogen (secondary N) is 1. The summed E-state index contributed by atoms with van der Waals surface area (Å²) in [4.78, 5) is 27.5. The van der Waals surface area contributed by atoms with Gasteiger partial charge in [0.1, 0.15) is 18.0 Å². The second kappa shape index (κ2) is 8.55. The lowest BCUT2D eigenvalue weighted by Crippen LogP contribution is -2.30. The van der Waals surface area contributed by atoms with Gasteiger partial charge in [0.05, 0.1) is 5.39 Å². The van der Waals surface area contributed by atoms with E-state index in [1.165, 1.54) is 4.88 Å². The molecule has 1 atom stereocenters. The van der Waals surface area contributed by atoms with Crippen LogP contribution in [0.3, 0.4) is 0 Å². The van der Waals surface area contributed by atoms with Gasteiger partial charge in [0.2, 0.25) is 5.91 Å². The SMILES string of the molecule is CC1CCc2c(sc3nnn(CC(=O)Nc4ccc(Oc5ccccc5)cc4)c(=O)c23)C1. The molecule has 7 nitrogen and oxygen atoms in total. The highest BCUT2D eigenvalue weighted by atomic mass is 32.1. The first kappa shape index (κ1) is 20.4. The van der Waals surface area contributed by atoms with Crippen LogP contribution in [0.25, 0.3) is 10.2 Å². The molecule has 32 heavy (non-hydrogen) atoms. The molecule has 1 unspecified atom stereocenters. The van der Waals surface area contributed by atoms with Gasteiger partial charge in [-0.15, -0.1) is 16.4 Å². The molecule has 8 heteroatoms. The molecule has 2 aromatic carbocycles. The van der Waals surface area contributed by atoms with Crippen LogP contribution >= 0.6 is 11.3 Å². The van der Waals surface area contributed by atoms with Crippen molar-refractivity contribution in [3.05, 3.63) is 75.4 Å². The fourth-order valence-corrected chi connectivity index (χ4v) is 5.28. The average Bonchev–Trinajstić information content (AvgIpc) is 3.16. The van der Waals surface area contributed by atoms with E-state index in [1.54, 1.807) is 35.6 Å². The second-order valence-corrected chi connectivity index (χ2v) is 9.16. The standard InChI is InChI=1S/C24H22N4O3S/c1-15-7-12-19-20(13-15)32-23-22(19)24(30)28(27-26-23)14-21(29)25-16-8-10-18(11-9-16)31-17-5-3-2-4-6-17/h2-6,8-11,15H,7,12-14H2,1H3,(H,25,29). The summed E-state index contributed by atoms with van der Waals surface area (Å²) >= 11 is 1.55. The monoisotopic (exact) mass is 446 g/mol. The molecule has 0 aliphatic heterocycles. The molecular weight excluding hydrogens is 424 g/mol. The van der Waals surface area contributed by atoms with Gasteiger partial charge in [0.15, 0.2) is 4.83 Å². The Hall–Kier alpha value is -3.52. The number of carbonyl (C=O) groups excluding carboxylic acids is 1. The third kappa shape index (κ3) is 4.13. The first-order chi connectivity index (χ1) is 15.6. The maximum Gasteiger partial charge on any atom is 0.279 e. The van der Waals surface area contributed by atoms with Crippen LogP contribution in [0.4, 0.5) is 5.69 Å². The van der Waals surface area contributed by atoms with Gasteiger partial charge < -0.3 is 10.1 Å². The van der Waals surface area contributed by atoms with Crippen molar-refractivity contribution < 1.29 is 9.53 Å². The van der Waals surface area contributed by atoms with E-state index in [2.05, 4.69) is 22.6 Å². The topological polar surface area (TPSA) is 86.1 Å². The Balaban J connectivity index is 1.29. The molecule has 0 saturated heterocycles. The van der Waals surface area contributed by atoms with Crippen molar-refractivity contribution in [3.63, 3.8) is 0 Å². The lowest BCUT2D eigenvalue weighted by atomic mass is 9.89. The van der Waals surface area contributed by atoms with Gasteiger partial charge in [-0.05, 0) is 67.1 Å². The van der Waals surface area contributed by atoms with Gasteiger partial charge in [0, 0.05) is 10.6 Å². The molecule has 1 N–H and O–H groups in total. The van der Waals surface area contributed by atoms with Gasteiger partial charge in [-0.3, -0.25) is 9.59 Å². The highest BCUT2D eigenvalue weighted by Gasteiger charge is 2.24. The van der Waals surface area contributed by atoms with E-state index in [-0.39, 0.29) is 18.0 Å². The first-order valence-electron chi connectivity index (χ1n) is 10.6. The Labute approximate surface area is 188 Å². The number of benzene rings is 2. The van der Waals surface area contributed by atoms with Crippen molar-refractivity contribution >= 4 is 33.1 Å². The maximum absolute atomic E-state index is 13.0. The van der Waals surface area contributed by atoms with Crippen molar-refractivity contribution in [1.82, 2.24) is 15.0 Å². The van der Waals surface area contributed by atoms with E-state index >= 15 is 0 Å². The summed E-state index contributed by atoms with van der Waals surface area (Å²) in [7, 11) is 0. The van der Waals surface area contributed by atoms with Gasteiger partial charge in [-0.1, -0.05) is 30.3 Å². The fourth-order valence-electron chi connectivity index (χ4n) is 3.96. The minimum Gasteiger partial charge on any atom is -0.457 e. The lowest BCUT2D eigenvalue weighted by Gasteiger charge is -2.17. The van der Waals surface area contributed by atoms with E-state index < -0.39 is 0 Å². The van der Waals surface area contributed by atoms with Crippen LogP contribution in [0.5, 0.6) is 11.5 Å². The highest BCUT2D eigenvalue weighted by molar-refractivity contribution is 7.18. The van der Waals surface area contributed by atoms with Gasteiger partial charge >= 0.3 is 0 Å². The third-order valence-corrected chi connectivity index (χ3v) is 6.73. The lowest BCUT2D eigenvalue weighted by molar-refractivity contribution is -0.117. The molecule has 2 heterocycles. The number of ether oxygens (including phenoxy) is 1. The number of aromatic nitrogens is 3. The van der Waals surface area contributed by atoms with E-state index in [4.69, 9.17) is 4.74 Å². The van der Waals surface area contributed by atoms with Crippen LogP contribution in [0.15, 0.2) is 59.4 Å². The van der Waals surface area contributed by atoms with Gasteiger partial charge in [0.25, 0.3) is 5.56 Å². The number of rotatable bonds is 5. The van der Waals surface area contributed by atoms with E-state index in [9.17, 15) is 9.59 Å². The van der Waals surface area contributed by atoms with E-state index in [1.807, 2.05) is 30.3 Å². The van der Waals surface area contributed by atoms with E-state index in [0.29, 0.717) is 27.6 Å². The van der Waals surface area contributed by atoms with E-state index in [0.717, 1.165) is 35.3 Å². The summed E-state index contributed by atoms with van der Waals surface area (Å²) in [5, 5.41) is 11.6. The molecule has 2 aromatic heterocycles. The first-order valence-corrected chi connectivity index (χ1v) is 11.4. The number of thiophene rings is 1. The fraction of sp³-hybridized carbons (Fsp3) is 0.250. The number of fused-ring (bicyclic) bond motifs is 3. The maximum atomic E-state index is 13.0. The molecule has 1 amide bonds. The van der Waals surface area contributed by atoms with Crippen molar-refractivity contribution in [2.75, 3.05) is 5.32 Å².